The maximum atomic E-state index is 10.0. The summed E-state index contributed by atoms with van der Waals surface area (Å²) in [6.45, 7) is 4.11. The van der Waals surface area contributed by atoms with Crippen molar-refractivity contribution < 1.29 is 5.11 Å². The molecule has 0 aliphatic rings. The summed E-state index contributed by atoms with van der Waals surface area (Å²) in [5.74, 6) is 0.356. The lowest BCUT2D eigenvalue weighted by atomic mass is 9.92. The Morgan fingerprint density at radius 1 is 0.520 bits per heavy atom. The fraction of sp³-hybridized carbons (Fsp3) is 0.0833. The van der Waals surface area contributed by atoms with Gasteiger partial charge in [0.1, 0.15) is 5.75 Å². The zero-order valence-electron chi connectivity index (χ0n) is 14.3. The summed E-state index contributed by atoms with van der Waals surface area (Å²) < 4.78 is 0. The molecule has 5 rings (SSSR count). The lowest BCUT2D eigenvalue weighted by Gasteiger charge is -2.12. The van der Waals surface area contributed by atoms with E-state index >= 15 is 0 Å². The average Bonchev–Trinajstić information content (AvgIpc) is 2.63. The van der Waals surface area contributed by atoms with Crippen LogP contribution in [-0.2, 0) is 0 Å². The third kappa shape index (κ3) is 1.96. The number of fused-ring (bicyclic) bond motifs is 7. The van der Waals surface area contributed by atoms with Gasteiger partial charge in [0.2, 0.25) is 0 Å². The number of aryl methyl sites for hydroxylation is 2. The van der Waals surface area contributed by atoms with E-state index in [0.717, 1.165) is 10.9 Å². The zero-order valence-corrected chi connectivity index (χ0v) is 14.3. The number of aromatic hydroxyl groups is 1. The highest BCUT2D eigenvalue weighted by molar-refractivity contribution is 6.22. The van der Waals surface area contributed by atoms with Crippen LogP contribution in [0.2, 0.25) is 0 Å². The van der Waals surface area contributed by atoms with Crippen LogP contribution in [0.1, 0.15) is 11.1 Å². The van der Waals surface area contributed by atoms with Gasteiger partial charge in [0.05, 0.1) is 0 Å². The van der Waals surface area contributed by atoms with Crippen LogP contribution in [0, 0.1) is 13.8 Å². The maximum Gasteiger partial charge on any atom is 0.119 e. The number of phenols is 1. The Hall–Kier alpha value is -3.06. The summed E-state index contributed by atoms with van der Waals surface area (Å²) in [6, 6.07) is 23.7. The highest BCUT2D eigenvalue weighted by Crippen LogP contribution is 2.37. The molecule has 0 spiro atoms. The molecule has 0 aromatic heterocycles. The molecular formula is C24H18O. The van der Waals surface area contributed by atoms with Crippen LogP contribution in [0.3, 0.4) is 0 Å². The average molecular weight is 322 g/mol. The predicted molar refractivity (Wildman–Crippen MR) is 108 cm³/mol. The summed E-state index contributed by atoms with van der Waals surface area (Å²) in [5, 5.41) is 20.0. The zero-order chi connectivity index (χ0) is 17.1. The summed E-state index contributed by atoms with van der Waals surface area (Å²) in [5.41, 5.74) is 2.22. The molecule has 0 aliphatic carbocycles. The van der Waals surface area contributed by atoms with Crippen LogP contribution in [0.5, 0.6) is 5.75 Å². The smallest absolute Gasteiger partial charge is 0.119 e. The van der Waals surface area contributed by atoms with Crippen LogP contribution >= 0.6 is 0 Å². The highest BCUT2D eigenvalue weighted by Gasteiger charge is 2.09. The van der Waals surface area contributed by atoms with Crippen LogP contribution in [0.15, 0.2) is 66.7 Å². The topological polar surface area (TPSA) is 20.2 Å². The second-order valence-electron chi connectivity index (χ2n) is 6.92. The van der Waals surface area contributed by atoms with Crippen molar-refractivity contribution in [2.75, 3.05) is 0 Å². The first-order valence-electron chi connectivity index (χ1n) is 8.60. The molecule has 0 heterocycles. The predicted octanol–water partition coefficient (Wildman–Crippen LogP) is 6.62. The second-order valence-corrected chi connectivity index (χ2v) is 6.92. The van der Waals surface area contributed by atoms with Gasteiger partial charge < -0.3 is 5.11 Å². The van der Waals surface area contributed by atoms with Gasteiger partial charge in [-0.25, -0.2) is 0 Å². The molecule has 0 saturated heterocycles. The first-order chi connectivity index (χ1) is 12.1. The van der Waals surface area contributed by atoms with Gasteiger partial charge in [0.25, 0.3) is 0 Å². The number of hydrogen-bond acceptors (Lipinski definition) is 1. The Morgan fingerprint density at radius 3 is 1.72 bits per heavy atom. The van der Waals surface area contributed by atoms with E-state index in [1.807, 2.05) is 13.0 Å². The Balaban J connectivity index is 1.98. The molecule has 1 heteroatoms. The van der Waals surface area contributed by atoms with E-state index in [0.29, 0.717) is 5.75 Å². The van der Waals surface area contributed by atoms with E-state index in [1.54, 1.807) is 6.07 Å². The Morgan fingerprint density at radius 2 is 1.00 bits per heavy atom. The fourth-order valence-corrected chi connectivity index (χ4v) is 4.02. The molecule has 1 nitrogen and oxygen atoms in total. The van der Waals surface area contributed by atoms with E-state index in [-0.39, 0.29) is 0 Å². The normalized spacial score (nSPS) is 11.8. The van der Waals surface area contributed by atoms with Gasteiger partial charge >= 0.3 is 0 Å². The number of phenolic OH excluding ortho intramolecular Hbond substituents is 1. The lowest BCUT2D eigenvalue weighted by molar-refractivity contribution is 0.472. The van der Waals surface area contributed by atoms with E-state index in [1.165, 1.54) is 43.3 Å². The maximum absolute atomic E-state index is 10.0. The molecule has 0 fully saturated rings. The largest absolute Gasteiger partial charge is 0.508 e. The summed E-state index contributed by atoms with van der Waals surface area (Å²) in [4.78, 5) is 0. The molecule has 0 atom stereocenters. The Kier molecular flexibility index (Phi) is 2.84. The van der Waals surface area contributed by atoms with Crippen LogP contribution in [0.25, 0.3) is 43.1 Å². The van der Waals surface area contributed by atoms with Crippen molar-refractivity contribution in [2.24, 2.45) is 0 Å². The molecule has 5 aromatic carbocycles. The summed E-state index contributed by atoms with van der Waals surface area (Å²) in [7, 11) is 0. The molecule has 0 bridgehead atoms. The first-order valence-corrected chi connectivity index (χ1v) is 8.60. The number of benzene rings is 5. The lowest BCUT2D eigenvalue weighted by Crippen LogP contribution is -1.85. The van der Waals surface area contributed by atoms with E-state index in [9.17, 15) is 5.11 Å². The molecule has 120 valence electrons. The monoisotopic (exact) mass is 322 g/mol. The van der Waals surface area contributed by atoms with Gasteiger partial charge in [-0.05, 0) is 68.6 Å². The quantitative estimate of drug-likeness (QED) is 0.318. The molecule has 0 radical (unpaired) electrons. The minimum Gasteiger partial charge on any atom is -0.508 e. The van der Waals surface area contributed by atoms with E-state index in [2.05, 4.69) is 61.5 Å². The van der Waals surface area contributed by atoms with Gasteiger partial charge in [0, 0.05) is 0 Å². The third-order valence-corrected chi connectivity index (χ3v) is 5.41. The minimum absolute atomic E-state index is 0.356. The molecule has 0 aliphatic heterocycles. The summed E-state index contributed by atoms with van der Waals surface area (Å²) >= 11 is 0. The van der Waals surface area contributed by atoms with Gasteiger partial charge in [-0.2, -0.15) is 0 Å². The Labute approximate surface area is 146 Å². The Bertz CT molecular complexity index is 1310. The van der Waals surface area contributed by atoms with Gasteiger partial charge in [-0.15, -0.1) is 0 Å². The van der Waals surface area contributed by atoms with Crippen LogP contribution in [0.4, 0.5) is 0 Å². The summed E-state index contributed by atoms with van der Waals surface area (Å²) in [6.07, 6.45) is 0. The number of hydrogen-bond donors (Lipinski definition) is 1. The highest BCUT2D eigenvalue weighted by atomic mass is 16.3. The van der Waals surface area contributed by atoms with Crippen LogP contribution in [-0.4, -0.2) is 5.11 Å². The van der Waals surface area contributed by atoms with Crippen molar-refractivity contribution in [2.45, 2.75) is 13.8 Å². The minimum atomic E-state index is 0.356. The SMILES string of the molecule is Cc1ccc2ccc3c(ccc4c5ccc(O)c(C)c5ccc43)c2c1. The first kappa shape index (κ1) is 14.3. The molecule has 5 aromatic rings. The molecule has 0 unspecified atom stereocenters. The van der Waals surface area contributed by atoms with Crippen molar-refractivity contribution in [1.29, 1.82) is 0 Å². The molecular weight excluding hydrogens is 304 g/mol. The van der Waals surface area contributed by atoms with Gasteiger partial charge in [-0.1, -0.05) is 66.2 Å². The third-order valence-electron chi connectivity index (χ3n) is 5.41. The van der Waals surface area contributed by atoms with Crippen molar-refractivity contribution >= 4 is 43.1 Å². The van der Waals surface area contributed by atoms with E-state index in [4.69, 9.17) is 0 Å². The standard InChI is InChI=1S/C24H18O/c1-14-3-4-16-5-6-19-21-8-7-17-15(2)24(25)12-11-18(17)20(21)9-10-22(19)23(16)13-14/h3-13,25H,1-2H3. The second kappa shape index (κ2) is 4.97. The van der Waals surface area contributed by atoms with Crippen molar-refractivity contribution in [3.8, 4) is 5.75 Å². The van der Waals surface area contributed by atoms with Crippen molar-refractivity contribution in [1.82, 2.24) is 0 Å². The van der Waals surface area contributed by atoms with Crippen molar-refractivity contribution in [3.63, 3.8) is 0 Å². The van der Waals surface area contributed by atoms with E-state index < -0.39 is 0 Å². The fourth-order valence-electron chi connectivity index (χ4n) is 4.02. The number of rotatable bonds is 0. The molecule has 0 saturated carbocycles. The molecule has 1 N–H and O–H groups in total. The van der Waals surface area contributed by atoms with Gasteiger partial charge in [0.15, 0.2) is 0 Å². The molecule has 0 amide bonds. The van der Waals surface area contributed by atoms with Crippen LogP contribution < -0.4 is 0 Å². The molecule has 25 heavy (non-hydrogen) atoms. The van der Waals surface area contributed by atoms with Crippen molar-refractivity contribution in [3.05, 3.63) is 77.9 Å². The van der Waals surface area contributed by atoms with Gasteiger partial charge in [-0.3, -0.25) is 0 Å².